The van der Waals surface area contributed by atoms with Gasteiger partial charge in [-0.05, 0) is 52.7 Å². The lowest BCUT2D eigenvalue weighted by atomic mass is 10.1. The third-order valence-corrected chi connectivity index (χ3v) is 5.08. The predicted molar refractivity (Wildman–Crippen MR) is 109 cm³/mol. The van der Waals surface area contributed by atoms with Gasteiger partial charge in [0.1, 0.15) is 11.4 Å². The predicted octanol–water partition coefficient (Wildman–Crippen LogP) is 4.03. The number of hydrogen-bond acceptors (Lipinski definition) is 4. The van der Waals surface area contributed by atoms with Crippen LogP contribution in [0.4, 0.5) is 0 Å². The van der Waals surface area contributed by atoms with Crippen molar-refractivity contribution in [1.82, 2.24) is 24.6 Å². The molecule has 0 aliphatic carbocycles. The molecule has 3 aromatic heterocycles. The van der Waals surface area contributed by atoms with Crippen molar-refractivity contribution >= 4 is 16.8 Å². The van der Waals surface area contributed by atoms with Gasteiger partial charge in [-0.1, -0.05) is 0 Å². The number of aromatic amines is 1. The van der Waals surface area contributed by atoms with Gasteiger partial charge in [0.15, 0.2) is 0 Å². The number of hydrogen-bond donors (Lipinski definition) is 1. The molecule has 0 unspecified atom stereocenters. The summed E-state index contributed by atoms with van der Waals surface area (Å²) in [4.78, 5) is 19.4. The fraction of sp³-hybridized carbons (Fsp3) is 0.476. The summed E-state index contributed by atoms with van der Waals surface area (Å²) < 4.78 is 7.95. The summed E-state index contributed by atoms with van der Waals surface area (Å²) in [5.74, 6) is 0.648. The van der Waals surface area contributed by atoms with Gasteiger partial charge < -0.3 is 14.2 Å². The first-order valence-electron chi connectivity index (χ1n) is 9.97. The summed E-state index contributed by atoms with van der Waals surface area (Å²) in [7, 11) is 0. The van der Waals surface area contributed by atoms with Crippen molar-refractivity contribution in [3.63, 3.8) is 0 Å². The number of likely N-dealkylation sites (tertiary alicyclic amines) is 1. The van der Waals surface area contributed by atoms with E-state index in [2.05, 4.69) is 29.0 Å². The quantitative estimate of drug-likeness (QED) is 0.724. The molecule has 4 rings (SSSR count). The maximum absolute atomic E-state index is 13.1. The molecule has 1 fully saturated rings. The van der Waals surface area contributed by atoms with Crippen molar-refractivity contribution in [3.8, 4) is 17.1 Å². The van der Waals surface area contributed by atoms with Crippen LogP contribution < -0.4 is 4.74 Å². The molecule has 7 heteroatoms. The van der Waals surface area contributed by atoms with E-state index in [-0.39, 0.29) is 18.1 Å². The monoisotopic (exact) mass is 381 g/mol. The van der Waals surface area contributed by atoms with Crippen LogP contribution in [0.1, 0.15) is 57.1 Å². The van der Waals surface area contributed by atoms with Crippen LogP contribution in [0.15, 0.2) is 24.5 Å². The van der Waals surface area contributed by atoms with E-state index < -0.39 is 0 Å². The summed E-state index contributed by atoms with van der Waals surface area (Å²) in [5.41, 5.74) is 3.22. The Balaban J connectivity index is 1.81. The molecule has 1 N–H and O–H groups in total. The van der Waals surface area contributed by atoms with Gasteiger partial charge in [0.2, 0.25) is 5.88 Å². The van der Waals surface area contributed by atoms with E-state index in [4.69, 9.17) is 4.74 Å². The number of rotatable bonds is 5. The van der Waals surface area contributed by atoms with E-state index in [1.165, 1.54) is 0 Å². The van der Waals surface area contributed by atoms with Crippen LogP contribution in [0, 0.1) is 0 Å². The molecule has 0 atom stereocenters. The molecule has 3 aromatic rings. The standard InChI is InChI=1S/C21H27N5O2/c1-13(2)26-12-15(11-17(26)21(27)25-9-5-6-10-25)19-18-16(23-24-19)7-8-22-20(18)28-14(3)4/h7-8,11-14H,5-6,9-10H2,1-4H3,(H,23,24). The zero-order chi connectivity index (χ0) is 19.8. The first kappa shape index (κ1) is 18.5. The Bertz CT molecular complexity index is 996. The molecule has 0 aromatic carbocycles. The average Bonchev–Trinajstić information content (AvgIpc) is 3.39. The van der Waals surface area contributed by atoms with Gasteiger partial charge in [-0.15, -0.1) is 0 Å². The van der Waals surface area contributed by atoms with Crippen LogP contribution in [0.2, 0.25) is 0 Å². The zero-order valence-electron chi connectivity index (χ0n) is 16.9. The summed E-state index contributed by atoms with van der Waals surface area (Å²) in [6, 6.07) is 4.00. The maximum Gasteiger partial charge on any atom is 0.270 e. The molecular formula is C21H27N5O2. The van der Waals surface area contributed by atoms with Gasteiger partial charge in [0.05, 0.1) is 17.0 Å². The van der Waals surface area contributed by atoms with Crippen LogP contribution in [-0.2, 0) is 0 Å². The lowest BCUT2D eigenvalue weighted by Crippen LogP contribution is -2.29. The number of aromatic nitrogens is 4. The second kappa shape index (κ2) is 7.30. The highest BCUT2D eigenvalue weighted by Gasteiger charge is 2.25. The smallest absolute Gasteiger partial charge is 0.270 e. The summed E-state index contributed by atoms with van der Waals surface area (Å²) >= 11 is 0. The lowest BCUT2D eigenvalue weighted by molar-refractivity contribution is 0.0780. The number of amides is 1. The van der Waals surface area contributed by atoms with Gasteiger partial charge in [0, 0.05) is 37.1 Å². The first-order chi connectivity index (χ1) is 13.5. The van der Waals surface area contributed by atoms with Gasteiger partial charge in [-0.2, -0.15) is 5.10 Å². The highest BCUT2D eigenvalue weighted by atomic mass is 16.5. The molecule has 1 aliphatic rings. The highest BCUT2D eigenvalue weighted by Crippen LogP contribution is 2.34. The van der Waals surface area contributed by atoms with Crippen molar-refractivity contribution in [3.05, 3.63) is 30.2 Å². The lowest BCUT2D eigenvalue weighted by Gasteiger charge is -2.18. The van der Waals surface area contributed by atoms with Gasteiger partial charge in [-0.25, -0.2) is 4.98 Å². The molecule has 28 heavy (non-hydrogen) atoms. The van der Waals surface area contributed by atoms with Crippen molar-refractivity contribution in [1.29, 1.82) is 0 Å². The number of H-pyrrole nitrogens is 1. The Hall–Kier alpha value is -2.83. The van der Waals surface area contributed by atoms with E-state index in [1.807, 2.05) is 41.6 Å². The largest absolute Gasteiger partial charge is 0.474 e. The number of carbonyl (C=O) groups excluding carboxylic acids is 1. The second-order valence-corrected chi connectivity index (χ2v) is 7.89. The average molecular weight is 381 g/mol. The minimum atomic E-state index is 0.00779. The molecule has 0 radical (unpaired) electrons. The number of nitrogens with zero attached hydrogens (tertiary/aromatic N) is 4. The number of nitrogens with one attached hydrogen (secondary N) is 1. The SMILES string of the molecule is CC(C)Oc1nccc2[nH]nc(-c3cc(C(=O)N4CCCC4)n(C(C)C)c3)c12. The zero-order valence-corrected chi connectivity index (χ0v) is 16.9. The van der Waals surface area contributed by atoms with E-state index in [1.54, 1.807) is 6.20 Å². The van der Waals surface area contributed by atoms with Gasteiger partial charge in [0.25, 0.3) is 5.91 Å². The van der Waals surface area contributed by atoms with Crippen LogP contribution >= 0.6 is 0 Å². The van der Waals surface area contributed by atoms with E-state index >= 15 is 0 Å². The Kier molecular flexibility index (Phi) is 4.83. The number of pyridine rings is 1. The molecular weight excluding hydrogens is 354 g/mol. The van der Waals surface area contributed by atoms with E-state index in [9.17, 15) is 4.79 Å². The molecule has 1 amide bonds. The van der Waals surface area contributed by atoms with Crippen LogP contribution in [0.5, 0.6) is 5.88 Å². The minimum absolute atomic E-state index is 0.00779. The van der Waals surface area contributed by atoms with Crippen molar-refractivity contribution in [2.24, 2.45) is 0 Å². The normalized spacial score (nSPS) is 14.6. The Morgan fingerprint density at radius 2 is 1.96 bits per heavy atom. The molecule has 1 aliphatic heterocycles. The Labute approximate surface area is 164 Å². The number of ether oxygens (including phenoxy) is 1. The van der Waals surface area contributed by atoms with Crippen LogP contribution in [0.3, 0.4) is 0 Å². The van der Waals surface area contributed by atoms with E-state index in [0.717, 1.165) is 48.1 Å². The molecule has 0 saturated carbocycles. The molecule has 0 spiro atoms. The number of carbonyl (C=O) groups is 1. The molecule has 148 valence electrons. The van der Waals surface area contributed by atoms with Crippen molar-refractivity contribution in [2.45, 2.75) is 52.7 Å². The Morgan fingerprint density at radius 1 is 1.21 bits per heavy atom. The Morgan fingerprint density at radius 3 is 2.64 bits per heavy atom. The van der Waals surface area contributed by atoms with Gasteiger partial charge in [-0.3, -0.25) is 9.89 Å². The fourth-order valence-corrected chi connectivity index (χ4v) is 3.75. The fourth-order valence-electron chi connectivity index (χ4n) is 3.75. The first-order valence-corrected chi connectivity index (χ1v) is 9.97. The van der Waals surface area contributed by atoms with Crippen molar-refractivity contribution in [2.75, 3.05) is 13.1 Å². The summed E-state index contributed by atoms with van der Waals surface area (Å²) in [5, 5.41) is 8.43. The topological polar surface area (TPSA) is 76.0 Å². The molecule has 4 heterocycles. The maximum atomic E-state index is 13.1. The summed E-state index contributed by atoms with van der Waals surface area (Å²) in [6.07, 6.45) is 5.88. The molecule has 0 bridgehead atoms. The highest BCUT2D eigenvalue weighted by molar-refractivity contribution is 5.99. The third kappa shape index (κ3) is 3.25. The second-order valence-electron chi connectivity index (χ2n) is 7.89. The molecule has 1 saturated heterocycles. The van der Waals surface area contributed by atoms with Crippen LogP contribution in [-0.4, -0.2) is 49.7 Å². The molecule has 7 nitrogen and oxygen atoms in total. The van der Waals surface area contributed by atoms with Crippen molar-refractivity contribution < 1.29 is 9.53 Å². The summed E-state index contributed by atoms with van der Waals surface area (Å²) in [6.45, 7) is 9.78. The van der Waals surface area contributed by atoms with Crippen LogP contribution in [0.25, 0.3) is 22.2 Å². The third-order valence-electron chi connectivity index (χ3n) is 5.08. The van der Waals surface area contributed by atoms with E-state index in [0.29, 0.717) is 11.6 Å². The van der Waals surface area contributed by atoms with Gasteiger partial charge >= 0.3 is 0 Å². The number of fused-ring (bicyclic) bond motifs is 1. The minimum Gasteiger partial charge on any atom is -0.474 e.